The first-order chi connectivity index (χ1) is 13.9. The second-order valence-electron chi connectivity index (χ2n) is 7.16. The Kier molecular flexibility index (Phi) is 5.13. The summed E-state index contributed by atoms with van der Waals surface area (Å²) < 4.78 is 38.0. The molecule has 1 N–H and O–H groups in total. The van der Waals surface area contributed by atoms with E-state index >= 15 is 0 Å². The van der Waals surface area contributed by atoms with Crippen molar-refractivity contribution in [1.29, 1.82) is 0 Å². The number of hydrogen-bond acceptors (Lipinski definition) is 3. The number of nitrogens with one attached hydrogen (secondary N) is 1. The van der Waals surface area contributed by atoms with Gasteiger partial charge in [0.05, 0.1) is 5.56 Å². The molecule has 2 aromatic carbocycles. The number of rotatable bonds is 3. The SMILES string of the molecule is O=C(NC1CCN(c2ccc(C(F)(F)F)cn2)CC1)c1cccc2ccccc12. The minimum atomic E-state index is -4.38. The minimum absolute atomic E-state index is 0.0205. The van der Waals surface area contributed by atoms with E-state index in [4.69, 9.17) is 0 Å². The predicted octanol–water partition coefficient (Wildman–Crippen LogP) is 4.65. The van der Waals surface area contributed by atoms with Gasteiger partial charge in [0.2, 0.25) is 0 Å². The number of alkyl halides is 3. The Morgan fingerprint density at radius 3 is 2.41 bits per heavy atom. The molecule has 1 fully saturated rings. The van der Waals surface area contributed by atoms with Crippen LogP contribution >= 0.6 is 0 Å². The average molecular weight is 399 g/mol. The molecule has 4 rings (SSSR count). The smallest absolute Gasteiger partial charge is 0.356 e. The maximum absolute atomic E-state index is 12.8. The van der Waals surface area contributed by atoms with Crippen LogP contribution in [0, 0.1) is 0 Å². The van der Waals surface area contributed by atoms with Gasteiger partial charge in [-0.2, -0.15) is 13.2 Å². The quantitative estimate of drug-likeness (QED) is 0.697. The zero-order valence-corrected chi connectivity index (χ0v) is 15.6. The Balaban J connectivity index is 1.38. The van der Waals surface area contributed by atoms with Crippen molar-refractivity contribution in [3.8, 4) is 0 Å². The van der Waals surface area contributed by atoms with Gasteiger partial charge in [0, 0.05) is 30.9 Å². The molecule has 1 aliphatic rings. The molecule has 150 valence electrons. The van der Waals surface area contributed by atoms with Crippen LogP contribution in [0.5, 0.6) is 0 Å². The van der Waals surface area contributed by atoms with E-state index in [-0.39, 0.29) is 11.9 Å². The number of halogens is 3. The number of pyridine rings is 1. The molecular formula is C22H20F3N3O. The third kappa shape index (κ3) is 4.18. The van der Waals surface area contributed by atoms with Crippen LogP contribution in [0.25, 0.3) is 10.8 Å². The number of amides is 1. The molecule has 0 saturated carbocycles. The summed E-state index contributed by atoms with van der Waals surface area (Å²) in [5.74, 6) is 0.421. The van der Waals surface area contributed by atoms with Crippen molar-refractivity contribution in [2.45, 2.75) is 25.1 Å². The number of anilines is 1. The predicted molar refractivity (Wildman–Crippen MR) is 106 cm³/mol. The highest BCUT2D eigenvalue weighted by atomic mass is 19.4. The van der Waals surface area contributed by atoms with E-state index in [1.54, 1.807) is 0 Å². The van der Waals surface area contributed by atoms with Crippen molar-refractivity contribution in [3.05, 3.63) is 71.9 Å². The molecule has 29 heavy (non-hydrogen) atoms. The van der Waals surface area contributed by atoms with Crippen LogP contribution in [-0.4, -0.2) is 30.0 Å². The number of fused-ring (bicyclic) bond motifs is 1. The molecule has 2 heterocycles. The zero-order chi connectivity index (χ0) is 20.4. The molecule has 1 aliphatic heterocycles. The first-order valence-electron chi connectivity index (χ1n) is 9.48. The number of carbonyl (C=O) groups excluding carboxylic acids is 1. The van der Waals surface area contributed by atoms with Crippen LogP contribution in [0.4, 0.5) is 19.0 Å². The monoisotopic (exact) mass is 399 g/mol. The molecule has 0 spiro atoms. The minimum Gasteiger partial charge on any atom is -0.356 e. The number of nitrogens with zero attached hydrogens (tertiary/aromatic N) is 2. The van der Waals surface area contributed by atoms with Crippen molar-refractivity contribution < 1.29 is 18.0 Å². The number of carbonyl (C=O) groups is 1. The van der Waals surface area contributed by atoms with Gasteiger partial charge in [-0.25, -0.2) is 4.98 Å². The topological polar surface area (TPSA) is 45.2 Å². The van der Waals surface area contributed by atoms with Crippen molar-refractivity contribution in [3.63, 3.8) is 0 Å². The molecular weight excluding hydrogens is 379 g/mol. The van der Waals surface area contributed by atoms with Crippen LogP contribution in [0.15, 0.2) is 60.8 Å². The lowest BCUT2D eigenvalue weighted by Gasteiger charge is -2.33. The molecule has 1 saturated heterocycles. The molecule has 0 atom stereocenters. The van der Waals surface area contributed by atoms with Gasteiger partial charge in [0.15, 0.2) is 0 Å². The van der Waals surface area contributed by atoms with Gasteiger partial charge in [-0.05, 0) is 41.8 Å². The largest absolute Gasteiger partial charge is 0.417 e. The third-order valence-corrected chi connectivity index (χ3v) is 5.26. The van der Waals surface area contributed by atoms with Crippen molar-refractivity contribution in [1.82, 2.24) is 10.3 Å². The maximum atomic E-state index is 12.8. The Morgan fingerprint density at radius 2 is 1.72 bits per heavy atom. The van der Waals surface area contributed by atoms with Crippen molar-refractivity contribution in [2.75, 3.05) is 18.0 Å². The molecule has 1 aromatic heterocycles. The highest BCUT2D eigenvalue weighted by Gasteiger charge is 2.31. The fourth-order valence-electron chi connectivity index (χ4n) is 3.68. The van der Waals surface area contributed by atoms with E-state index in [1.807, 2.05) is 47.4 Å². The highest BCUT2D eigenvalue weighted by molar-refractivity contribution is 6.07. The van der Waals surface area contributed by atoms with E-state index in [9.17, 15) is 18.0 Å². The van der Waals surface area contributed by atoms with Crippen LogP contribution in [0.3, 0.4) is 0 Å². The summed E-state index contributed by atoms with van der Waals surface area (Å²) in [6.45, 7) is 1.25. The van der Waals surface area contributed by atoms with Crippen LogP contribution in [0.2, 0.25) is 0 Å². The first-order valence-corrected chi connectivity index (χ1v) is 9.48. The Labute approximate surface area is 166 Å². The van der Waals surface area contributed by atoms with Gasteiger partial charge in [0.1, 0.15) is 5.82 Å². The Hall–Kier alpha value is -3.09. The molecule has 1 amide bonds. The maximum Gasteiger partial charge on any atom is 0.417 e. The van der Waals surface area contributed by atoms with E-state index in [0.717, 1.165) is 23.0 Å². The van der Waals surface area contributed by atoms with Crippen LogP contribution in [0.1, 0.15) is 28.8 Å². The highest BCUT2D eigenvalue weighted by Crippen LogP contribution is 2.30. The Bertz CT molecular complexity index is 1000. The lowest BCUT2D eigenvalue weighted by Crippen LogP contribution is -2.45. The van der Waals surface area contributed by atoms with Gasteiger partial charge >= 0.3 is 6.18 Å². The van der Waals surface area contributed by atoms with E-state index in [0.29, 0.717) is 37.3 Å². The molecule has 0 unspecified atom stereocenters. The van der Waals surface area contributed by atoms with Crippen molar-refractivity contribution >= 4 is 22.5 Å². The van der Waals surface area contributed by atoms with Gasteiger partial charge in [0.25, 0.3) is 5.91 Å². The van der Waals surface area contributed by atoms with E-state index in [2.05, 4.69) is 10.3 Å². The number of aromatic nitrogens is 1. The summed E-state index contributed by atoms with van der Waals surface area (Å²) in [6.07, 6.45) is -2.10. The first kappa shape index (κ1) is 19.2. The van der Waals surface area contributed by atoms with Gasteiger partial charge in [-0.1, -0.05) is 36.4 Å². The number of piperidine rings is 1. The summed E-state index contributed by atoms with van der Waals surface area (Å²) in [5.41, 5.74) is -0.103. The normalized spacial score (nSPS) is 15.5. The number of hydrogen-bond donors (Lipinski definition) is 1. The van der Waals surface area contributed by atoms with Gasteiger partial charge in [-0.3, -0.25) is 4.79 Å². The van der Waals surface area contributed by atoms with Crippen molar-refractivity contribution in [2.24, 2.45) is 0 Å². The second kappa shape index (κ2) is 7.73. The van der Waals surface area contributed by atoms with Crippen LogP contribution in [-0.2, 0) is 6.18 Å². The molecule has 4 nitrogen and oxygen atoms in total. The lowest BCUT2D eigenvalue weighted by atomic mass is 10.0. The Morgan fingerprint density at radius 1 is 1.00 bits per heavy atom. The van der Waals surface area contributed by atoms with Gasteiger partial charge in [-0.15, -0.1) is 0 Å². The molecule has 0 radical (unpaired) electrons. The summed E-state index contributed by atoms with van der Waals surface area (Å²) in [7, 11) is 0. The molecule has 0 bridgehead atoms. The summed E-state index contributed by atoms with van der Waals surface area (Å²) in [6, 6.07) is 15.9. The van der Waals surface area contributed by atoms with Crippen LogP contribution < -0.4 is 10.2 Å². The second-order valence-corrected chi connectivity index (χ2v) is 7.16. The molecule has 3 aromatic rings. The van der Waals surface area contributed by atoms with E-state index in [1.165, 1.54) is 6.07 Å². The lowest BCUT2D eigenvalue weighted by molar-refractivity contribution is -0.137. The summed E-state index contributed by atoms with van der Waals surface area (Å²) >= 11 is 0. The fraction of sp³-hybridized carbons (Fsp3) is 0.273. The molecule has 7 heteroatoms. The zero-order valence-electron chi connectivity index (χ0n) is 15.6. The van der Waals surface area contributed by atoms with Gasteiger partial charge < -0.3 is 10.2 Å². The standard InChI is InChI=1S/C22H20F3N3O/c23-22(24,25)16-8-9-20(26-14-16)28-12-10-17(11-13-28)27-21(29)19-7-3-5-15-4-1-2-6-18(15)19/h1-9,14,17H,10-13H2,(H,27,29). The summed E-state index contributed by atoms with van der Waals surface area (Å²) in [4.78, 5) is 18.7. The fourth-order valence-corrected chi connectivity index (χ4v) is 3.68. The summed E-state index contributed by atoms with van der Waals surface area (Å²) in [5, 5.41) is 5.03. The molecule has 0 aliphatic carbocycles. The average Bonchev–Trinajstić information content (AvgIpc) is 2.73. The van der Waals surface area contributed by atoms with E-state index < -0.39 is 11.7 Å². The number of benzene rings is 2. The third-order valence-electron chi connectivity index (χ3n) is 5.26.